The number of amides is 2. The van der Waals surface area contributed by atoms with Crippen LogP contribution in [0.5, 0.6) is 0 Å². The molecule has 3 aliphatic rings. The highest BCUT2D eigenvalue weighted by atomic mass is 19.4. The van der Waals surface area contributed by atoms with Crippen molar-refractivity contribution in [1.82, 2.24) is 9.88 Å². The molecule has 0 radical (unpaired) electrons. The summed E-state index contributed by atoms with van der Waals surface area (Å²) in [6.07, 6.45) is 3.78. The van der Waals surface area contributed by atoms with Gasteiger partial charge >= 0.3 is 6.18 Å². The fraction of sp³-hybridized carbons (Fsp3) is 0.441. The number of rotatable bonds is 6. The average Bonchev–Trinajstić information content (AvgIpc) is 3.68. The van der Waals surface area contributed by atoms with Crippen LogP contribution in [0, 0.1) is 24.6 Å². The number of benzene rings is 2. The van der Waals surface area contributed by atoms with Crippen molar-refractivity contribution in [2.45, 2.75) is 82.6 Å². The van der Waals surface area contributed by atoms with Crippen molar-refractivity contribution in [3.63, 3.8) is 0 Å². The highest BCUT2D eigenvalue weighted by molar-refractivity contribution is 5.98. The van der Waals surface area contributed by atoms with E-state index in [0.717, 1.165) is 55.6 Å². The second-order valence-corrected chi connectivity index (χ2v) is 12.4. The van der Waals surface area contributed by atoms with Gasteiger partial charge in [0.1, 0.15) is 11.5 Å². The molecule has 4 atom stereocenters. The van der Waals surface area contributed by atoms with Crippen LogP contribution in [0.25, 0.3) is 0 Å². The molecule has 1 aliphatic heterocycles. The van der Waals surface area contributed by atoms with Crippen LogP contribution in [0.15, 0.2) is 60.8 Å². The summed E-state index contributed by atoms with van der Waals surface area (Å²) >= 11 is 0. The van der Waals surface area contributed by atoms with E-state index in [-0.39, 0.29) is 23.2 Å². The van der Waals surface area contributed by atoms with E-state index in [4.69, 9.17) is 0 Å². The van der Waals surface area contributed by atoms with Crippen molar-refractivity contribution in [1.29, 1.82) is 0 Å². The van der Waals surface area contributed by atoms with E-state index < -0.39 is 41.5 Å². The van der Waals surface area contributed by atoms with E-state index in [1.54, 1.807) is 24.0 Å². The molecule has 6 nitrogen and oxygen atoms in total. The van der Waals surface area contributed by atoms with Gasteiger partial charge in [-0.2, -0.15) is 13.2 Å². The van der Waals surface area contributed by atoms with Gasteiger partial charge in [-0.05, 0) is 86.4 Å². The molecule has 2 saturated carbocycles. The lowest BCUT2D eigenvalue weighted by Crippen LogP contribution is -2.54. The van der Waals surface area contributed by atoms with Gasteiger partial charge < -0.3 is 15.5 Å². The SMILES string of the molecule is Cc1cccc(F)c1C(=O)N1C(c2ccc(NC3CCCC3)cc2)C(C(=O)Nc2ccnc(C(F)(F)F)c2)C[C@@H]2CCC[C@@H]21. The van der Waals surface area contributed by atoms with Gasteiger partial charge in [-0.15, -0.1) is 0 Å². The number of anilines is 2. The Balaban J connectivity index is 1.39. The van der Waals surface area contributed by atoms with Crippen LogP contribution in [0.4, 0.5) is 28.9 Å². The minimum atomic E-state index is -4.67. The molecule has 2 unspecified atom stereocenters. The molecule has 2 aromatic carbocycles. The fourth-order valence-corrected chi connectivity index (χ4v) is 7.45. The predicted octanol–water partition coefficient (Wildman–Crippen LogP) is 7.91. The third kappa shape index (κ3) is 6.03. The van der Waals surface area contributed by atoms with Gasteiger partial charge in [0.05, 0.1) is 17.5 Å². The number of hydrogen-bond acceptors (Lipinski definition) is 4. The minimum absolute atomic E-state index is 0.00418. The van der Waals surface area contributed by atoms with E-state index in [9.17, 15) is 22.8 Å². The first-order valence-corrected chi connectivity index (χ1v) is 15.4. The summed E-state index contributed by atoms with van der Waals surface area (Å²) in [5.74, 6) is -2.36. The molecule has 2 amide bonds. The number of nitrogens with one attached hydrogen (secondary N) is 2. The number of aromatic nitrogens is 1. The van der Waals surface area contributed by atoms with Gasteiger partial charge in [0, 0.05) is 29.7 Å². The molecule has 3 aromatic rings. The lowest BCUT2D eigenvalue weighted by molar-refractivity contribution is -0.141. The van der Waals surface area contributed by atoms with Crippen molar-refractivity contribution in [3.05, 3.63) is 89.0 Å². The molecule has 10 heteroatoms. The first-order chi connectivity index (χ1) is 21.1. The Hall–Kier alpha value is -3.95. The normalized spacial score (nSPS) is 23.8. The van der Waals surface area contributed by atoms with E-state index in [0.29, 0.717) is 18.0 Å². The molecule has 2 N–H and O–H groups in total. The molecule has 1 saturated heterocycles. The number of fused-ring (bicyclic) bond motifs is 1. The monoisotopic (exact) mass is 608 g/mol. The largest absolute Gasteiger partial charge is 0.433 e. The Kier molecular flexibility index (Phi) is 8.35. The second kappa shape index (κ2) is 12.2. The summed E-state index contributed by atoms with van der Waals surface area (Å²) in [7, 11) is 0. The van der Waals surface area contributed by atoms with E-state index in [2.05, 4.69) is 15.6 Å². The van der Waals surface area contributed by atoms with Crippen molar-refractivity contribution < 1.29 is 27.2 Å². The first-order valence-electron chi connectivity index (χ1n) is 15.4. The van der Waals surface area contributed by atoms with Crippen molar-refractivity contribution in [2.24, 2.45) is 11.8 Å². The Labute approximate surface area is 254 Å². The standard InChI is InChI=1S/C34H36F4N4O2/c1-20-6-4-10-27(35)30(20)33(44)42-28-11-5-7-22(28)18-26(32(43)41-25-16-17-39-29(19-25)34(36,37)38)31(42)21-12-14-24(15-13-21)40-23-8-2-3-9-23/h4,6,10,12-17,19,22-23,26,28,31,40H,2-3,5,7-9,11,18H2,1H3,(H,39,41,43)/t22-,26?,28-,31?/m0/s1. The van der Waals surface area contributed by atoms with Gasteiger partial charge in [-0.3, -0.25) is 14.6 Å². The summed E-state index contributed by atoms with van der Waals surface area (Å²) in [5, 5.41) is 6.24. The summed E-state index contributed by atoms with van der Waals surface area (Å²) in [5.41, 5.74) is 1.01. The summed E-state index contributed by atoms with van der Waals surface area (Å²) in [4.78, 5) is 33.4. The quantitative estimate of drug-likeness (QED) is 0.279. The van der Waals surface area contributed by atoms with Crippen molar-refractivity contribution in [3.8, 4) is 0 Å². The van der Waals surface area contributed by atoms with Crippen LogP contribution in [0.2, 0.25) is 0 Å². The van der Waals surface area contributed by atoms with Crippen LogP contribution in [-0.4, -0.2) is 33.8 Å². The lowest BCUT2D eigenvalue weighted by atomic mass is 9.76. The topological polar surface area (TPSA) is 74.3 Å². The number of pyridine rings is 1. The van der Waals surface area contributed by atoms with E-state index >= 15 is 4.39 Å². The number of carbonyl (C=O) groups excluding carboxylic acids is 2. The zero-order valence-corrected chi connectivity index (χ0v) is 24.5. The second-order valence-electron chi connectivity index (χ2n) is 12.4. The molecular weight excluding hydrogens is 572 g/mol. The Morgan fingerprint density at radius 1 is 0.932 bits per heavy atom. The van der Waals surface area contributed by atoms with Crippen LogP contribution in [0.1, 0.15) is 84.6 Å². The molecule has 232 valence electrons. The third-order valence-electron chi connectivity index (χ3n) is 9.52. The van der Waals surface area contributed by atoms with Gasteiger partial charge in [-0.1, -0.05) is 43.5 Å². The third-order valence-corrected chi connectivity index (χ3v) is 9.52. The summed E-state index contributed by atoms with van der Waals surface area (Å²) in [6, 6.07) is 13.8. The smallest absolute Gasteiger partial charge is 0.382 e. The number of likely N-dealkylation sites (tertiary alicyclic amines) is 1. The fourth-order valence-electron chi connectivity index (χ4n) is 7.45. The van der Waals surface area contributed by atoms with Crippen LogP contribution in [0.3, 0.4) is 0 Å². The van der Waals surface area contributed by atoms with Gasteiger partial charge in [0.2, 0.25) is 5.91 Å². The van der Waals surface area contributed by atoms with Crippen LogP contribution >= 0.6 is 0 Å². The lowest BCUT2D eigenvalue weighted by Gasteiger charge is -2.48. The van der Waals surface area contributed by atoms with Gasteiger partial charge in [-0.25, -0.2) is 4.39 Å². The zero-order valence-electron chi connectivity index (χ0n) is 24.5. The summed E-state index contributed by atoms with van der Waals surface area (Å²) in [6.45, 7) is 1.69. The number of nitrogens with zero attached hydrogens (tertiary/aromatic N) is 2. The number of aryl methyl sites for hydroxylation is 1. The average molecular weight is 609 g/mol. The molecule has 0 spiro atoms. The number of alkyl halides is 3. The number of hydrogen-bond donors (Lipinski definition) is 2. The highest BCUT2D eigenvalue weighted by Gasteiger charge is 2.50. The predicted molar refractivity (Wildman–Crippen MR) is 159 cm³/mol. The highest BCUT2D eigenvalue weighted by Crippen LogP contribution is 2.49. The molecule has 3 fully saturated rings. The molecule has 6 rings (SSSR count). The number of piperidine rings is 1. The number of carbonyl (C=O) groups is 2. The number of halogens is 4. The van der Waals surface area contributed by atoms with Crippen molar-refractivity contribution in [2.75, 3.05) is 10.6 Å². The molecular formula is C34H36F4N4O2. The van der Waals surface area contributed by atoms with Crippen LogP contribution < -0.4 is 10.6 Å². The molecule has 1 aromatic heterocycles. The Morgan fingerprint density at radius 3 is 2.39 bits per heavy atom. The van der Waals surface area contributed by atoms with Crippen LogP contribution in [-0.2, 0) is 11.0 Å². The zero-order chi connectivity index (χ0) is 31.0. The molecule has 44 heavy (non-hydrogen) atoms. The van der Waals surface area contributed by atoms with Gasteiger partial charge in [0.25, 0.3) is 5.91 Å². The maximum Gasteiger partial charge on any atom is 0.433 e. The maximum atomic E-state index is 15.2. The molecule has 0 bridgehead atoms. The molecule has 2 aliphatic carbocycles. The Morgan fingerprint density at radius 2 is 1.68 bits per heavy atom. The Bertz CT molecular complexity index is 1500. The maximum absolute atomic E-state index is 15.2. The summed E-state index contributed by atoms with van der Waals surface area (Å²) < 4.78 is 55.3. The minimum Gasteiger partial charge on any atom is -0.382 e. The first kappa shape index (κ1) is 30.1. The van der Waals surface area contributed by atoms with E-state index in [1.165, 1.54) is 25.0 Å². The van der Waals surface area contributed by atoms with Crippen molar-refractivity contribution >= 4 is 23.2 Å². The van der Waals surface area contributed by atoms with E-state index in [1.807, 2.05) is 24.3 Å². The molecule has 2 heterocycles. The van der Waals surface area contributed by atoms with Gasteiger partial charge in [0.15, 0.2) is 0 Å².